The van der Waals surface area contributed by atoms with Crippen molar-refractivity contribution in [3.63, 3.8) is 0 Å². The van der Waals surface area contributed by atoms with Gasteiger partial charge in [0, 0.05) is 26.1 Å². The fourth-order valence-corrected chi connectivity index (χ4v) is 3.09. The van der Waals surface area contributed by atoms with Crippen molar-refractivity contribution in [2.24, 2.45) is 5.92 Å². The minimum atomic E-state index is -4.06. The molecular weight excluding hydrogens is 408 g/mol. The highest BCUT2D eigenvalue weighted by Crippen LogP contribution is 2.13. The third kappa shape index (κ3) is 9.66. The monoisotopic (exact) mass is 435 g/mol. The van der Waals surface area contributed by atoms with E-state index in [2.05, 4.69) is 15.4 Å². The largest absolute Gasteiger partial charge is 0.444 e. The molecule has 0 bridgehead atoms. The van der Waals surface area contributed by atoms with Crippen LogP contribution in [0, 0.1) is 17.6 Å². The molecule has 1 aromatic carbocycles. The van der Waals surface area contributed by atoms with E-state index >= 15 is 0 Å². The van der Waals surface area contributed by atoms with Gasteiger partial charge >= 0.3 is 6.09 Å². The molecule has 29 heavy (non-hydrogen) atoms. The van der Waals surface area contributed by atoms with Crippen LogP contribution in [0.3, 0.4) is 0 Å². The first-order chi connectivity index (χ1) is 13.3. The molecule has 0 saturated heterocycles. The second-order valence-electron chi connectivity index (χ2n) is 7.52. The summed E-state index contributed by atoms with van der Waals surface area (Å²) in [5.74, 6) is -2.91. The Bertz CT molecular complexity index is 825. The van der Waals surface area contributed by atoms with Crippen molar-refractivity contribution in [3.05, 3.63) is 29.8 Å². The molecule has 8 nitrogen and oxygen atoms in total. The number of hydrogen-bond donors (Lipinski definition) is 3. The molecule has 1 atom stereocenters. The molecule has 164 valence electrons. The lowest BCUT2D eigenvalue weighted by molar-refractivity contribution is -0.121. The van der Waals surface area contributed by atoms with Crippen LogP contribution in [0.4, 0.5) is 13.6 Å². The molecule has 11 heteroatoms. The van der Waals surface area contributed by atoms with E-state index in [4.69, 9.17) is 4.74 Å². The molecule has 0 aliphatic rings. The van der Waals surface area contributed by atoms with E-state index in [9.17, 15) is 26.8 Å². The van der Waals surface area contributed by atoms with Crippen molar-refractivity contribution >= 4 is 22.0 Å². The lowest BCUT2D eigenvalue weighted by Crippen LogP contribution is -2.38. The van der Waals surface area contributed by atoms with E-state index in [1.807, 2.05) is 6.92 Å². The summed E-state index contributed by atoms with van der Waals surface area (Å²) in [7, 11) is -4.06. The van der Waals surface area contributed by atoms with E-state index in [1.165, 1.54) is 0 Å². The molecule has 0 fully saturated rings. The molecule has 3 N–H and O–H groups in total. The number of carbonyl (C=O) groups excluding carboxylic acids is 2. The molecule has 1 aromatic rings. The number of benzene rings is 1. The minimum absolute atomic E-state index is 0.0784. The Kier molecular flexibility index (Phi) is 8.96. The second-order valence-corrected chi connectivity index (χ2v) is 9.28. The van der Waals surface area contributed by atoms with E-state index in [-0.39, 0.29) is 32.0 Å². The number of alkyl carbamates (subject to hydrolysis) is 1. The predicted molar refractivity (Wildman–Crippen MR) is 103 cm³/mol. The summed E-state index contributed by atoms with van der Waals surface area (Å²) in [6.07, 6.45) is -0.697. The summed E-state index contributed by atoms with van der Waals surface area (Å²) in [6.45, 7) is 7.40. The van der Waals surface area contributed by atoms with Gasteiger partial charge in [0.1, 0.15) is 5.60 Å². The first-order valence-corrected chi connectivity index (χ1v) is 10.5. The highest BCUT2D eigenvalue weighted by Gasteiger charge is 2.18. The van der Waals surface area contributed by atoms with Crippen LogP contribution in [0.25, 0.3) is 0 Å². The van der Waals surface area contributed by atoms with Gasteiger partial charge in [-0.15, -0.1) is 0 Å². The average Bonchev–Trinajstić information content (AvgIpc) is 2.58. The van der Waals surface area contributed by atoms with Crippen molar-refractivity contribution in [3.8, 4) is 0 Å². The van der Waals surface area contributed by atoms with Gasteiger partial charge in [0.05, 0.1) is 4.90 Å². The van der Waals surface area contributed by atoms with Gasteiger partial charge in [0.2, 0.25) is 15.9 Å². The molecule has 0 aliphatic carbocycles. The topological polar surface area (TPSA) is 114 Å². The van der Waals surface area contributed by atoms with E-state index in [0.29, 0.717) is 12.1 Å². The van der Waals surface area contributed by atoms with Crippen LogP contribution in [0.15, 0.2) is 23.1 Å². The zero-order valence-corrected chi connectivity index (χ0v) is 17.7. The van der Waals surface area contributed by atoms with Gasteiger partial charge < -0.3 is 15.4 Å². The number of amides is 2. The summed E-state index contributed by atoms with van der Waals surface area (Å²) < 4.78 is 57.3. The number of carbonyl (C=O) groups is 2. The number of ether oxygens (including phenoxy) is 1. The fourth-order valence-electron chi connectivity index (χ4n) is 2.05. The number of sulfonamides is 1. The predicted octanol–water partition coefficient (Wildman–Crippen LogP) is 1.91. The van der Waals surface area contributed by atoms with Gasteiger partial charge in [0.15, 0.2) is 11.6 Å². The quantitative estimate of drug-likeness (QED) is 0.548. The molecule has 0 unspecified atom stereocenters. The number of nitrogens with one attached hydrogen (secondary N) is 3. The highest BCUT2D eigenvalue weighted by molar-refractivity contribution is 7.89. The third-order valence-electron chi connectivity index (χ3n) is 3.49. The Balaban J connectivity index is 2.33. The zero-order valence-electron chi connectivity index (χ0n) is 16.8. The highest BCUT2D eigenvalue weighted by atomic mass is 32.2. The first kappa shape index (κ1) is 24.8. The van der Waals surface area contributed by atoms with Gasteiger partial charge in [-0.05, 0) is 44.9 Å². The maximum atomic E-state index is 13.2. The number of halogens is 2. The Labute approximate surface area is 169 Å². The van der Waals surface area contributed by atoms with Crippen molar-refractivity contribution in [2.45, 2.75) is 44.6 Å². The lowest BCUT2D eigenvalue weighted by Gasteiger charge is -2.21. The molecular formula is C18H27F2N3O5S. The molecule has 0 saturated carbocycles. The molecule has 0 radical (unpaired) electrons. The van der Waals surface area contributed by atoms with Crippen LogP contribution < -0.4 is 15.4 Å². The fraction of sp³-hybridized carbons (Fsp3) is 0.556. The molecule has 0 heterocycles. The van der Waals surface area contributed by atoms with E-state index in [1.54, 1.807) is 20.8 Å². The van der Waals surface area contributed by atoms with Crippen LogP contribution >= 0.6 is 0 Å². The van der Waals surface area contributed by atoms with Crippen LogP contribution in [-0.4, -0.2) is 45.7 Å². The minimum Gasteiger partial charge on any atom is -0.444 e. The van der Waals surface area contributed by atoms with Crippen LogP contribution in [0.5, 0.6) is 0 Å². The van der Waals surface area contributed by atoms with E-state index < -0.39 is 44.2 Å². The number of rotatable bonds is 9. The van der Waals surface area contributed by atoms with Crippen molar-refractivity contribution in [1.29, 1.82) is 0 Å². The first-order valence-electron chi connectivity index (χ1n) is 8.98. The van der Waals surface area contributed by atoms with Crippen LogP contribution in [0.1, 0.15) is 34.1 Å². The third-order valence-corrected chi connectivity index (χ3v) is 4.95. The smallest absolute Gasteiger partial charge is 0.407 e. The van der Waals surface area contributed by atoms with Gasteiger partial charge in [-0.2, -0.15) is 0 Å². The molecule has 0 aliphatic heterocycles. The maximum absolute atomic E-state index is 13.2. The summed E-state index contributed by atoms with van der Waals surface area (Å²) in [4.78, 5) is 23.0. The van der Waals surface area contributed by atoms with Crippen molar-refractivity contribution in [2.75, 3.05) is 19.6 Å². The average molecular weight is 435 g/mol. The molecule has 1 rings (SSSR count). The van der Waals surface area contributed by atoms with Crippen molar-refractivity contribution < 1.29 is 31.5 Å². The van der Waals surface area contributed by atoms with Gasteiger partial charge in [-0.1, -0.05) is 6.92 Å². The maximum Gasteiger partial charge on any atom is 0.407 e. The zero-order chi connectivity index (χ0) is 22.2. The van der Waals surface area contributed by atoms with Gasteiger partial charge in [0.25, 0.3) is 0 Å². The lowest BCUT2D eigenvalue weighted by atomic mass is 10.2. The Morgan fingerprint density at radius 2 is 1.72 bits per heavy atom. The van der Waals surface area contributed by atoms with E-state index in [0.717, 1.165) is 6.07 Å². The van der Waals surface area contributed by atoms with Crippen molar-refractivity contribution in [1.82, 2.24) is 15.4 Å². The molecule has 0 aromatic heterocycles. The van der Waals surface area contributed by atoms with Gasteiger partial charge in [-0.25, -0.2) is 26.7 Å². The summed E-state index contributed by atoms with van der Waals surface area (Å²) in [6, 6.07) is 2.21. The standard InChI is InChI=1S/C18H27F2N3O5S/c1-12(11-22-17(25)28-18(2,3)4)10-21-16(24)7-8-23-29(26,27)13-5-6-14(19)15(20)9-13/h5-6,9,12,23H,7-8,10-11H2,1-4H3,(H,21,24)(H,22,25)/t12-/m1/s1. The van der Waals surface area contributed by atoms with Gasteiger partial charge in [-0.3, -0.25) is 4.79 Å². The summed E-state index contributed by atoms with van der Waals surface area (Å²) in [5, 5.41) is 5.21. The SMILES string of the molecule is C[C@H](CNC(=O)CCNS(=O)(=O)c1ccc(F)c(F)c1)CNC(=O)OC(C)(C)C. The normalized spacial score (nSPS) is 12.9. The van der Waals surface area contributed by atoms with Crippen LogP contribution in [0.2, 0.25) is 0 Å². The Morgan fingerprint density at radius 1 is 1.10 bits per heavy atom. The second kappa shape index (κ2) is 10.5. The van der Waals surface area contributed by atoms with Crippen LogP contribution in [-0.2, 0) is 19.6 Å². The Morgan fingerprint density at radius 3 is 2.31 bits per heavy atom. The molecule has 2 amide bonds. The summed E-state index contributed by atoms with van der Waals surface area (Å²) >= 11 is 0. The summed E-state index contributed by atoms with van der Waals surface area (Å²) in [5.41, 5.74) is -0.603. The number of hydrogen-bond acceptors (Lipinski definition) is 5. The molecule has 0 spiro atoms. The Hall–Kier alpha value is -2.27.